The Kier molecular flexibility index (Phi) is 10.9. The molecule has 0 saturated heterocycles. The van der Waals surface area contributed by atoms with Gasteiger partial charge in [0.15, 0.2) is 29.6 Å². The smallest absolute Gasteiger partial charge is 0.338 e. The van der Waals surface area contributed by atoms with Crippen LogP contribution in [-0.2, 0) is 20.9 Å². The third-order valence-corrected chi connectivity index (χ3v) is 6.52. The summed E-state index contributed by atoms with van der Waals surface area (Å²) in [5.74, 6) is -0.00366. The molecule has 1 atom stereocenters. The molecule has 0 radical (unpaired) electrons. The molecule has 3 amide bonds. The molecule has 13 heteroatoms. The fourth-order valence-corrected chi connectivity index (χ4v) is 4.43. The Balaban J connectivity index is 1.35. The first-order valence-corrected chi connectivity index (χ1v) is 13.9. The van der Waals surface area contributed by atoms with Gasteiger partial charge in [-0.25, -0.2) is 19.4 Å². The summed E-state index contributed by atoms with van der Waals surface area (Å²) in [5, 5.41) is 9.27. The molecule has 1 aliphatic heterocycles. The molecule has 0 spiro atoms. The number of esters is 1. The lowest BCUT2D eigenvalue weighted by molar-refractivity contribution is -0.139. The Bertz CT molecular complexity index is 1620. The van der Waals surface area contributed by atoms with Gasteiger partial charge in [-0.05, 0) is 73.0 Å². The van der Waals surface area contributed by atoms with Crippen LogP contribution < -0.4 is 35.0 Å². The molecule has 0 saturated carbocycles. The number of hydrogen-bond acceptors (Lipinski definition) is 9. The van der Waals surface area contributed by atoms with Gasteiger partial charge >= 0.3 is 12.0 Å². The third kappa shape index (κ3) is 8.50. The minimum atomic E-state index is -0.786. The first-order valence-electron chi connectivity index (χ1n) is 13.9. The van der Waals surface area contributed by atoms with E-state index in [4.69, 9.17) is 23.7 Å². The number of amides is 3. The van der Waals surface area contributed by atoms with Crippen LogP contribution in [-0.4, -0.2) is 51.6 Å². The van der Waals surface area contributed by atoms with Crippen molar-refractivity contribution < 1.29 is 42.5 Å². The average Bonchev–Trinajstić information content (AvgIpc) is 3.02. The maximum atomic E-state index is 13.4. The lowest BCUT2D eigenvalue weighted by atomic mass is 9.95. The Morgan fingerprint density at radius 2 is 1.71 bits per heavy atom. The van der Waals surface area contributed by atoms with Crippen LogP contribution in [0.4, 0.5) is 9.18 Å². The number of nitrogens with zero attached hydrogens (tertiary/aromatic N) is 1. The molecule has 236 valence electrons. The topological polar surface area (TPSA) is 146 Å². The number of carbonyl (C=O) groups excluding carboxylic acids is 3. The number of allylic oxidation sites excluding steroid dienone is 1. The molecule has 3 aromatic rings. The summed E-state index contributed by atoms with van der Waals surface area (Å²) in [5.41, 5.74) is 4.87. The van der Waals surface area contributed by atoms with Crippen LogP contribution in [0, 0.1) is 5.82 Å². The number of urea groups is 1. The number of ether oxygens (including phenoxy) is 5. The molecular formula is C32H33FN4O8. The van der Waals surface area contributed by atoms with E-state index in [1.165, 1.54) is 32.6 Å². The molecule has 1 heterocycles. The van der Waals surface area contributed by atoms with E-state index in [1.807, 2.05) is 0 Å². The van der Waals surface area contributed by atoms with Crippen molar-refractivity contribution in [1.29, 1.82) is 0 Å². The summed E-state index contributed by atoms with van der Waals surface area (Å²) < 4.78 is 40.8. The van der Waals surface area contributed by atoms with Gasteiger partial charge in [0.1, 0.15) is 12.4 Å². The average molecular weight is 621 g/mol. The van der Waals surface area contributed by atoms with E-state index in [-0.39, 0.29) is 42.7 Å². The molecular weight excluding hydrogens is 587 g/mol. The van der Waals surface area contributed by atoms with E-state index in [1.54, 1.807) is 62.4 Å². The monoisotopic (exact) mass is 620 g/mol. The van der Waals surface area contributed by atoms with Gasteiger partial charge < -0.3 is 34.3 Å². The number of nitrogens with one attached hydrogen (secondary N) is 3. The predicted octanol–water partition coefficient (Wildman–Crippen LogP) is 4.14. The van der Waals surface area contributed by atoms with E-state index in [9.17, 15) is 18.8 Å². The maximum Gasteiger partial charge on any atom is 0.338 e. The van der Waals surface area contributed by atoms with E-state index < -0.39 is 23.9 Å². The van der Waals surface area contributed by atoms with Gasteiger partial charge in [-0.2, -0.15) is 5.10 Å². The van der Waals surface area contributed by atoms with E-state index >= 15 is 0 Å². The molecule has 0 aromatic heterocycles. The highest BCUT2D eigenvalue weighted by Gasteiger charge is 2.32. The molecule has 12 nitrogen and oxygen atoms in total. The van der Waals surface area contributed by atoms with Crippen molar-refractivity contribution in [2.75, 3.05) is 27.4 Å². The van der Waals surface area contributed by atoms with Crippen LogP contribution in [0.5, 0.6) is 23.0 Å². The number of hydrogen-bond donors (Lipinski definition) is 3. The number of benzene rings is 3. The van der Waals surface area contributed by atoms with Gasteiger partial charge in [-0.1, -0.05) is 18.2 Å². The van der Waals surface area contributed by atoms with Crippen LogP contribution in [0.25, 0.3) is 0 Å². The summed E-state index contributed by atoms with van der Waals surface area (Å²) in [7, 11) is 2.92. The maximum absolute atomic E-state index is 13.4. The van der Waals surface area contributed by atoms with Crippen LogP contribution in [0.1, 0.15) is 36.6 Å². The highest BCUT2D eigenvalue weighted by Crippen LogP contribution is 2.34. The number of carbonyl (C=O) groups is 3. The van der Waals surface area contributed by atoms with Crippen molar-refractivity contribution in [2.24, 2.45) is 5.10 Å². The fraction of sp³-hybridized carbons (Fsp3) is 0.250. The van der Waals surface area contributed by atoms with Crippen LogP contribution >= 0.6 is 0 Å². The van der Waals surface area contributed by atoms with Crippen LogP contribution in [0.2, 0.25) is 0 Å². The fourth-order valence-electron chi connectivity index (χ4n) is 4.43. The summed E-state index contributed by atoms with van der Waals surface area (Å²) in [6.45, 7) is 3.27. The lowest BCUT2D eigenvalue weighted by Crippen LogP contribution is -2.45. The Morgan fingerprint density at radius 1 is 0.978 bits per heavy atom. The number of rotatable bonds is 13. The Morgan fingerprint density at radius 3 is 2.44 bits per heavy atom. The zero-order valence-corrected chi connectivity index (χ0v) is 25.1. The SMILES string of the molecule is CCOC(=O)C1=C(C)NC(=O)N[C@H]1c1ccc(OCC(=O)N/N=C\c2ccc(OCc3cccc(F)c3)c(OC)c2)c(OC)c1. The largest absolute Gasteiger partial charge is 0.493 e. The molecule has 1 aliphatic rings. The highest BCUT2D eigenvalue weighted by atomic mass is 19.1. The summed E-state index contributed by atoms with van der Waals surface area (Å²) in [6, 6.07) is 14.8. The molecule has 0 unspecified atom stereocenters. The number of halogens is 1. The van der Waals surface area contributed by atoms with Gasteiger partial charge in [0.2, 0.25) is 0 Å². The normalized spacial score (nSPS) is 14.3. The Hall–Kier alpha value is -5.59. The van der Waals surface area contributed by atoms with E-state index in [0.29, 0.717) is 33.9 Å². The second kappa shape index (κ2) is 15.2. The summed E-state index contributed by atoms with van der Waals surface area (Å²) in [6.07, 6.45) is 1.43. The van der Waals surface area contributed by atoms with Crippen molar-refractivity contribution in [3.8, 4) is 23.0 Å². The summed E-state index contributed by atoms with van der Waals surface area (Å²) >= 11 is 0. The van der Waals surface area contributed by atoms with Gasteiger partial charge in [0.05, 0.1) is 38.7 Å². The molecule has 0 bridgehead atoms. The molecule has 45 heavy (non-hydrogen) atoms. The lowest BCUT2D eigenvalue weighted by Gasteiger charge is -2.28. The van der Waals surface area contributed by atoms with Gasteiger partial charge in [-0.15, -0.1) is 0 Å². The quantitative estimate of drug-likeness (QED) is 0.147. The van der Waals surface area contributed by atoms with Gasteiger partial charge in [0, 0.05) is 5.70 Å². The predicted molar refractivity (Wildman–Crippen MR) is 162 cm³/mol. The number of hydrazone groups is 1. The van der Waals surface area contributed by atoms with Crippen molar-refractivity contribution in [1.82, 2.24) is 16.1 Å². The zero-order valence-electron chi connectivity index (χ0n) is 25.1. The number of methoxy groups -OCH3 is 2. The van der Waals surface area contributed by atoms with Crippen molar-refractivity contribution in [3.63, 3.8) is 0 Å². The van der Waals surface area contributed by atoms with Crippen molar-refractivity contribution in [3.05, 3.63) is 94.4 Å². The van der Waals surface area contributed by atoms with Crippen LogP contribution in [0.15, 0.2) is 77.0 Å². The molecule has 0 fully saturated rings. The zero-order chi connectivity index (χ0) is 32.3. The first-order chi connectivity index (χ1) is 21.7. The summed E-state index contributed by atoms with van der Waals surface area (Å²) in [4.78, 5) is 37.2. The van der Waals surface area contributed by atoms with Crippen molar-refractivity contribution >= 4 is 24.1 Å². The van der Waals surface area contributed by atoms with Crippen molar-refractivity contribution in [2.45, 2.75) is 26.5 Å². The minimum Gasteiger partial charge on any atom is -0.493 e. The molecule has 3 aromatic carbocycles. The Labute approximate surface area is 259 Å². The second-order valence-electron chi connectivity index (χ2n) is 9.61. The molecule has 3 N–H and O–H groups in total. The second-order valence-corrected chi connectivity index (χ2v) is 9.61. The molecule has 0 aliphatic carbocycles. The third-order valence-electron chi connectivity index (χ3n) is 6.52. The van der Waals surface area contributed by atoms with Gasteiger partial charge in [0.25, 0.3) is 5.91 Å². The van der Waals surface area contributed by atoms with Gasteiger partial charge in [-0.3, -0.25) is 4.79 Å². The minimum absolute atomic E-state index is 0.158. The first kappa shape index (κ1) is 32.3. The van der Waals surface area contributed by atoms with Crippen LogP contribution in [0.3, 0.4) is 0 Å². The van der Waals surface area contributed by atoms with E-state index in [0.717, 1.165) is 0 Å². The standard InChI is InChI=1S/C32H33FN4O8/c1-5-43-31(39)29-19(2)35-32(40)36-30(29)22-10-12-25(27(15-22)42-4)45-18-28(38)37-34-16-20-9-11-24(26(14-20)41-3)44-17-21-7-6-8-23(33)13-21/h6-16,30H,5,17-18H2,1-4H3,(H,37,38)(H2,35,36,40)/b34-16-/t30-/m0/s1. The highest BCUT2D eigenvalue weighted by molar-refractivity contribution is 5.95. The van der Waals surface area contributed by atoms with E-state index in [2.05, 4.69) is 21.2 Å². The molecule has 4 rings (SSSR count).